The van der Waals surface area contributed by atoms with Gasteiger partial charge in [-0.2, -0.15) is 13.2 Å². The van der Waals surface area contributed by atoms with E-state index in [-0.39, 0.29) is 18.3 Å². The Labute approximate surface area is 160 Å². The summed E-state index contributed by atoms with van der Waals surface area (Å²) in [6, 6.07) is 5.10. The minimum Gasteiger partial charge on any atom is -0.369 e. The SMILES string of the molecule is Cn1cnc(C(=O)N2CC(c3cccc(C(F)(F)F)c3)OCC23CCCC3)n1. The molecule has 1 atom stereocenters. The molecule has 1 spiro atoms. The molecule has 1 aliphatic heterocycles. The Bertz CT molecular complexity index is 874. The second kappa shape index (κ2) is 6.88. The third-order valence-electron chi connectivity index (χ3n) is 5.63. The van der Waals surface area contributed by atoms with Gasteiger partial charge < -0.3 is 9.64 Å². The number of aromatic nitrogens is 3. The van der Waals surface area contributed by atoms with Crippen LogP contribution in [0.15, 0.2) is 30.6 Å². The fraction of sp³-hybridized carbons (Fsp3) is 0.526. The molecule has 1 aliphatic carbocycles. The number of alkyl halides is 3. The van der Waals surface area contributed by atoms with Crippen molar-refractivity contribution in [2.45, 2.75) is 43.5 Å². The molecule has 0 bridgehead atoms. The second-order valence-electron chi connectivity index (χ2n) is 7.51. The number of hydrogen-bond donors (Lipinski definition) is 0. The summed E-state index contributed by atoms with van der Waals surface area (Å²) in [5, 5.41) is 4.11. The number of nitrogens with zero attached hydrogens (tertiary/aromatic N) is 4. The summed E-state index contributed by atoms with van der Waals surface area (Å²) in [6.45, 7) is 0.477. The van der Waals surface area contributed by atoms with Crippen molar-refractivity contribution >= 4 is 5.91 Å². The van der Waals surface area contributed by atoms with Crippen molar-refractivity contribution in [3.05, 3.63) is 47.5 Å². The number of hydrogen-bond acceptors (Lipinski definition) is 4. The quantitative estimate of drug-likeness (QED) is 0.784. The maximum absolute atomic E-state index is 13.1. The van der Waals surface area contributed by atoms with Gasteiger partial charge in [0.05, 0.1) is 24.3 Å². The Kier molecular flexibility index (Phi) is 4.65. The third kappa shape index (κ3) is 3.39. The molecule has 2 heterocycles. The van der Waals surface area contributed by atoms with E-state index in [1.807, 2.05) is 0 Å². The molecule has 6 nitrogen and oxygen atoms in total. The number of ether oxygens (including phenoxy) is 1. The van der Waals surface area contributed by atoms with Crippen LogP contribution in [0.1, 0.15) is 53.5 Å². The van der Waals surface area contributed by atoms with Crippen molar-refractivity contribution in [2.24, 2.45) is 7.05 Å². The molecule has 1 saturated heterocycles. The van der Waals surface area contributed by atoms with Crippen molar-refractivity contribution in [3.63, 3.8) is 0 Å². The van der Waals surface area contributed by atoms with E-state index >= 15 is 0 Å². The number of aryl methyl sites for hydroxylation is 1. The first-order valence-electron chi connectivity index (χ1n) is 9.25. The molecular formula is C19H21F3N4O2. The zero-order valence-corrected chi connectivity index (χ0v) is 15.4. The number of amides is 1. The van der Waals surface area contributed by atoms with Crippen LogP contribution in [0.25, 0.3) is 0 Å². The third-order valence-corrected chi connectivity index (χ3v) is 5.63. The van der Waals surface area contributed by atoms with Gasteiger partial charge in [0, 0.05) is 7.05 Å². The number of rotatable bonds is 2. The number of carbonyl (C=O) groups excluding carboxylic acids is 1. The summed E-state index contributed by atoms with van der Waals surface area (Å²) in [5.41, 5.74) is -0.748. The maximum Gasteiger partial charge on any atom is 0.416 e. The Morgan fingerprint density at radius 3 is 2.68 bits per heavy atom. The van der Waals surface area contributed by atoms with Gasteiger partial charge in [0.1, 0.15) is 12.4 Å². The normalized spacial score (nSPS) is 22.0. The molecule has 1 aromatic carbocycles. The van der Waals surface area contributed by atoms with E-state index in [1.54, 1.807) is 18.0 Å². The highest BCUT2D eigenvalue weighted by Gasteiger charge is 2.48. The highest BCUT2D eigenvalue weighted by molar-refractivity contribution is 5.91. The molecule has 0 N–H and O–H groups in total. The average Bonchev–Trinajstić information content (AvgIpc) is 3.31. The summed E-state index contributed by atoms with van der Waals surface area (Å²) in [5.74, 6) is -0.207. The molecule has 2 fully saturated rings. The minimum atomic E-state index is -4.43. The zero-order chi connectivity index (χ0) is 19.9. The molecule has 4 rings (SSSR count). The molecule has 9 heteroatoms. The number of benzene rings is 1. The highest BCUT2D eigenvalue weighted by Crippen LogP contribution is 2.42. The van der Waals surface area contributed by atoms with Crippen LogP contribution < -0.4 is 0 Å². The van der Waals surface area contributed by atoms with Crippen LogP contribution in [0.4, 0.5) is 13.2 Å². The van der Waals surface area contributed by atoms with Gasteiger partial charge in [0.25, 0.3) is 5.91 Å². The van der Waals surface area contributed by atoms with Gasteiger partial charge >= 0.3 is 6.18 Å². The predicted octanol–water partition coefficient (Wildman–Crippen LogP) is 3.36. The lowest BCUT2D eigenvalue weighted by molar-refractivity contribution is -0.138. The van der Waals surface area contributed by atoms with Crippen LogP contribution in [0.5, 0.6) is 0 Å². The highest BCUT2D eigenvalue weighted by atomic mass is 19.4. The van der Waals surface area contributed by atoms with Crippen LogP contribution in [0, 0.1) is 0 Å². The van der Waals surface area contributed by atoms with Gasteiger partial charge in [-0.1, -0.05) is 25.0 Å². The average molecular weight is 394 g/mol. The van der Waals surface area contributed by atoms with Crippen molar-refractivity contribution < 1.29 is 22.7 Å². The smallest absolute Gasteiger partial charge is 0.369 e. The molecule has 1 unspecified atom stereocenters. The van der Waals surface area contributed by atoms with E-state index < -0.39 is 23.4 Å². The Morgan fingerprint density at radius 1 is 1.29 bits per heavy atom. The van der Waals surface area contributed by atoms with Gasteiger partial charge in [-0.3, -0.25) is 9.48 Å². The summed E-state index contributed by atoms with van der Waals surface area (Å²) in [7, 11) is 1.68. The molecule has 28 heavy (non-hydrogen) atoms. The van der Waals surface area contributed by atoms with Crippen molar-refractivity contribution in [1.82, 2.24) is 19.7 Å². The molecule has 1 amide bonds. The minimum absolute atomic E-state index is 0.0958. The number of morpholine rings is 1. The van der Waals surface area contributed by atoms with Gasteiger partial charge in [-0.25, -0.2) is 4.98 Å². The summed E-state index contributed by atoms with van der Waals surface area (Å²) < 4.78 is 46.7. The molecule has 2 aliphatic rings. The lowest BCUT2D eigenvalue weighted by Gasteiger charge is -2.47. The molecule has 1 saturated carbocycles. The second-order valence-corrected chi connectivity index (χ2v) is 7.51. The maximum atomic E-state index is 13.1. The molecule has 1 aromatic heterocycles. The fourth-order valence-corrected chi connectivity index (χ4v) is 4.17. The topological polar surface area (TPSA) is 60.2 Å². The van der Waals surface area contributed by atoms with Crippen molar-refractivity contribution in [3.8, 4) is 0 Å². The predicted molar refractivity (Wildman–Crippen MR) is 93.4 cm³/mol. The Balaban J connectivity index is 1.64. The molecule has 150 valence electrons. The van der Waals surface area contributed by atoms with Crippen molar-refractivity contribution in [2.75, 3.05) is 13.2 Å². The van der Waals surface area contributed by atoms with E-state index in [2.05, 4.69) is 10.1 Å². The zero-order valence-electron chi connectivity index (χ0n) is 15.4. The van der Waals surface area contributed by atoms with E-state index in [0.29, 0.717) is 12.2 Å². The van der Waals surface area contributed by atoms with Crippen LogP contribution in [0.3, 0.4) is 0 Å². The monoisotopic (exact) mass is 394 g/mol. The van der Waals surface area contributed by atoms with E-state index in [0.717, 1.165) is 37.8 Å². The first kappa shape index (κ1) is 18.9. The molecule has 0 radical (unpaired) electrons. The summed E-state index contributed by atoms with van der Waals surface area (Å²) in [4.78, 5) is 18.9. The number of halogens is 3. The largest absolute Gasteiger partial charge is 0.416 e. The molecular weight excluding hydrogens is 373 g/mol. The van der Waals surface area contributed by atoms with Crippen molar-refractivity contribution in [1.29, 1.82) is 0 Å². The van der Waals surface area contributed by atoms with Gasteiger partial charge in [-0.05, 0) is 30.5 Å². The van der Waals surface area contributed by atoms with E-state index in [4.69, 9.17) is 4.74 Å². The van der Waals surface area contributed by atoms with Crippen LogP contribution >= 0.6 is 0 Å². The lowest BCUT2D eigenvalue weighted by Crippen LogP contribution is -2.58. The molecule has 2 aromatic rings. The number of carbonyl (C=O) groups is 1. The van der Waals surface area contributed by atoms with E-state index in [1.165, 1.54) is 17.1 Å². The lowest BCUT2D eigenvalue weighted by atomic mass is 9.91. The summed E-state index contributed by atoms with van der Waals surface area (Å²) in [6.07, 6.45) is -0.0130. The Hall–Kier alpha value is -2.42. The van der Waals surface area contributed by atoms with Gasteiger partial charge in [0.2, 0.25) is 5.82 Å². The first-order chi connectivity index (χ1) is 13.3. The first-order valence-corrected chi connectivity index (χ1v) is 9.25. The van der Waals surface area contributed by atoms with Gasteiger partial charge in [-0.15, -0.1) is 5.10 Å². The standard InChI is InChI=1S/C19H21F3N4O2/c1-25-12-23-16(24-25)17(27)26-10-15(28-11-18(26)7-2-3-8-18)13-5-4-6-14(9-13)19(20,21)22/h4-6,9,12,15H,2-3,7-8,10-11H2,1H3. The van der Waals surface area contributed by atoms with Crippen LogP contribution in [0.2, 0.25) is 0 Å². The van der Waals surface area contributed by atoms with Crippen LogP contribution in [-0.2, 0) is 18.0 Å². The van der Waals surface area contributed by atoms with Crippen LogP contribution in [-0.4, -0.2) is 44.3 Å². The van der Waals surface area contributed by atoms with E-state index in [9.17, 15) is 18.0 Å². The van der Waals surface area contributed by atoms with Gasteiger partial charge in [0.15, 0.2) is 0 Å². The summed E-state index contributed by atoms with van der Waals surface area (Å²) >= 11 is 0. The fourth-order valence-electron chi connectivity index (χ4n) is 4.17. The Morgan fingerprint density at radius 2 is 2.04 bits per heavy atom.